The molecule has 0 radical (unpaired) electrons. The van der Waals surface area contributed by atoms with Gasteiger partial charge in [0.15, 0.2) is 0 Å². The first-order valence-electron chi connectivity index (χ1n) is 10.1. The number of aliphatic hydroxyl groups is 4. The van der Waals surface area contributed by atoms with Crippen LogP contribution in [-0.4, -0.2) is 58.1 Å². The van der Waals surface area contributed by atoms with E-state index < -0.39 is 37.1 Å². The lowest BCUT2D eigenvalue weighted by atomic mass is 9.85. The van der Waals surface area contributed by atoms with Gasteiger partial charge in [0.1, 0.15) is 36.3 Å². The molecule has 0 unspecified atom stereocenters. The minimum absolute atomic E-state index is 0.0745. The molecule has 0 aromatic heterocycles. The van der Waals surface area contributed by atoms with Gasteiger partial charge in [0.05, 0.1) is 13.2 Å². The Morgan fingerprint density at radius 2 is 1.69 bits per heavy atom. The molecule has 2 aromatic carbocycles. The van der Waals surface area contributed by atoms with E-state index in [1.54, 1.807) is 0 Å². The molecule has 1 aliphatic carbocycles. The first-order chi connectivity index (χ1) is 14.0. The minimum Gasteiger partial charge on any atom is -0.494 e. The van der Waals surface area contributed by atoms with Gasteiger partial charge in [-0.1, -0.05) is 36.4 Å². The summed E-state index contributed by atoms with van der Waals surface area (Å²) in [6.45, 7) is 2.16. The number of aliphatic hydroxyl groups excluding tert-OH is 4. The quantitative estimate of drug-likeness (QED) is 0.589. The number of rotatable bonds is 6. The van der Waals surface area contributed by atoms with E-state index in [4.69, 9.17) is 9.47 Å². The predicted molar refractivity (Wildman–Crippen MR) is 107 cm³/mol. The molecule has 0 amide bonds. The van der Waals surface area contributed by atoms with Gasteiger partial charge >= 0.3 is 0 Å². The topological polar surface area (TPSA) is 99.4 Å². The summed E-state index contributed by atoms with van der Waals surface area (Å²) in [7, 11) is 0. The second-order valence-corrected chi connectivity index (χ2v) is 7.91. The maximum atomic E-state index is 10.5. The van der Waals surface area contributed by atoms with E-state index in [9.17, 15) is 20.4 Å². The summed E-state index contributed by atoms with van der Waals surface area (Å²) in [5.41, 5.74) is 2.98. The van der Waals surface area contributed by atoms with Gasteiger partial charge in [0.25, 0.3) is 0 Å². The van der Waals surface area contributed by atoms with Crippen LogP contribution in [0.15, 0.2) is 48.5 Å². The highest BCUT2D eigenvalue weighted by Crippen LogP contribution is 2.54. The van der Waals surface area contributed by atoms with Gasteiger partial charge in [-0.2, -0.15) is 0 Å². The second-order valence-electron chi connectivity index (χ2n) is 7.91. The average Bonchev–Trinajstić information content (AvgIpc) is 3.55. The molecule has 1 saturated carbocycles. The van der Waals surface area contributed by atoms with Gasteiger partial charge in [-0.25, -0.2) is 0 Å². The van der Waals surface area contributed by atoms with Crippen molar-refractivity contribution in [1.29, 1.82) is 0 Å². The summed E-state index contributed by atoms with van der Waals surface area (Å²) in [5.74, 6) is 0.849. The lowest BCUT2D eigenvalue weighted by Gasteiger charge is -2.40. The first-order valence-corrected chi connectivity index (χ1v) is 10.1. The summed E-state index contributed by atoms with van der Waals surface area (Å²) in [5, 5.41) is 40.0. The maximum Gasteiger partial charge on any atom is 0.119 e. The van der Waals surface area contributed by atoms with Gasteiger partial charge in [-0.05, 0) is 48.6 Å². The molecule has 2 aromatic rings. The number of benzene rings is 2. The highest BCUT2D eigenvalue weighted by atomic mass is 16.5. The van der Waals surface area contributed by atoms with Crippen LogP contribution >= 0.6 is 0 Å². The van der Waals surface area contributed by atoms with E-state index in [2.05, 4.69) is 18.2 Å². The highest BCUT2D eigenvalue weighted by Gasteiger charge is 2.47. The van der Waals surface area contributed by atoms with E-state index in [0.29, 0.717) is 6.61 Å². The van der Waals surface area contributed by atoms with Crippen molar-refractivity contribution in [2.75, 3.05) is 13.2 Å². The minimum atomic E-state index is -1.38. The molecule has 1 heterocycles. The molecule has 0 spiro atoms. The third kappa shape index (κ3) is 3.67. The lowest BCUT2D eigenvalue weighted by molar-refractivity contribution is -0.231. The van der Waals surface area contributed by atoms with E-state index in [1.165, 1.54) is 5.56 Å². The fourth-order valence-corrected chi connectivity index (χ4v) is 4.30. The SMILES string of the molecule is CCOc1ccc(C2(c3cccc([C@@H]4O[C@H](CO)[C@@H](O)[C@H](O)[C@H]4O)c3)CC2)cc1. The van der Waals surface area contributed by atoms with Crippen LogP contribution in [0, 0.1) is 0 Å². The smallest absolute Gasteiger partial charge is 0.119 e. The van der Waals surface area contributed by atoms with Crippen molar-refractivity contribution in [1.82, 2.24) is 0 Å². The monoisotopic (exact) mass is 400 g/mol. The van der Waals surface area contributed by atoms with Crippen LogP contribution in [0.25, 0.3) is 0 Å². The van der Waals surface area contributed by atoms with Gasteiger partial charge in [0.2, 0.25) is 0 Å². The lowest BCUT2D eigenvalue weighted by Crippen LogP contribution is -2.55. The summed E-state index contributed by atoms with van der Waals surface area (Å²) < 4.78 is 11.3. The van der Waals surface area contributed by atoms with Gasteiger partial charge < -0.3 is 29.9 Å². The van der Waals surface area contributed by atoms with E-state index >= 15 is 0 Å². The van der Waals surface area contributed by atoms with Crippen molar-refractivity contribution in [3.8, 4) is 5.75 Å². The predicted octanol–water partition coefficient (Wildman–Crippen LogP) is 1.68. The van der Waals surface area contributed by atoms with Crippen molar-refractivity contribution < 1.29 is 29.9 Å². The summed E-state index contributed by atoms with van der Waals surface area (Å²) in [4.78, 5) is 0. The highest BCUT2D eigenvalue weighted by molar-refractivity contribution is 5.47. The molecule has 2 fully saturated rings. The van der Waals surface area contributed by atoms with Crippen molar-refractivity contribution in [3.63, 3.8) is 0 Å². The molecular formula is C23H28O6. The zero-order chi connectivity index (χ0) is 20.6. The Morgan fingerprint density at radius 1 is 0.966 bits per heavy atom. The van der Waals surface area contributed by atoms with Crippen LogP contribution in [-0.2, 0) is 10.2 Å². The number of hydrogen-bond acceptors (Lipinski definition) is 6. The average molecular weight is 400 g/mol. The third-order valence-electron chi connectivity index (χ3n) is 6.13. The molecule has 1 aliphatic heterocycles. The van der Waals surface area contributed by atoms with E-state index in [1.807, 2.05) is 37.3 Å². The normalized spacial score (nSPS) is 30.7. The van der Waals surface area contributed by atoms with Crippen molar-refractivity contribution in [3.05, 3.63) is 65.2 Å². The largest absolute Gasteiger partial charge is 0.494 e. The van der Waals surface area contributed by atoms with Crippen LogP contribution in [0.3, 0.4) is 0 Å². The first kappa shape index (κ1) is 20.3. The second kappa shape index (κ2) is 8.05. The zero-order valence-corrected chi connectivity index (χ0v) is 16.4. The van der Waals surface area contributed by atoms with Gasteiger partial charge in [0, 0.05) is 5.41 Å². The molecule has 5 atom stereocenters. The Labute approximate surface area is 170 Å². The van der Waals surface area contributed by atoms with Crippen LogP contribution in [0.1, 0.15) is 42.6 Å². The summed E-state index contributed by atoms with van der Waals surface area (Å²) >= 11 is 0. The molecule has 0 bridgehead atoms. The molecule has 156 valence electrons. The Morgan fingerprint density at radius 3 is 2.31 bits per heavy atom. The molecule has 4 rings (SSSR count). The van der Waals surface area contributed by atoms with Crippen molar-refractivity contribution >= 4 is 0 Å². The molecule has 1 saturated heterocycles. The Kier molecular flexibility index (Phi) is 5.64. The van der Waals surface area contributed by atoms with Gasteiger partial charge in [-0.15, -0.1) is 0 Å². The van der Waals surface area contributed by atoms with Crippen LogP contribution < -0.4 is 4.74 Å². The Balaban J connectivity index is 1.62. The summed E-state index contributed by atoms with van der Waals surface area (Å²) in [6, 6.07) is 16.0. The molecule has 6 nitrogen and oxygen atoms in total. The standard InChI is InChI=1S/C23H28O6/c1-2-28-17-8-6-15(7-9-17)23(10-11-23)16-5-3-4-14(12-16)22-21(27)20(26)19(25)18(13-24)29-22/h3-9,12,18-22,24-27H,2,10-11,13H2,1H3/t18-,19-,20+,21-,22+/m1/s1. The van der Waals surface area contributed by atoms with Crippen molar-refractivity contribution in [2.24, 2.45) is 0 Å². The van der Waals surface area contributed by atoms with E-state index in [0.717, 1.165) is 29.7 Å². The maximum absolute atomic E-state index is 10.5. The molecule has 29 heavy (non-hydrogen) atoms. The molecule has 4 N–H and O–H groups in total. The van der Waals surface area contributed by atoms with Crippen LogP contribution in [0.4, 0.5) is 0 Å². The van der Waals surface area contributed by atoms with Crippen LogP contribution in [0.2, 0.25) is 0 Å². The Hall–Kier alpha value is -1.96. The Bertz CT molecular complexity index is 830. The van der Waals surface area contributed by atoms with E-state index in [-0.39, 0.29) is 5.41 Å². The zero-order valence-electron chi connectivity index (χ0n) is 16.4. The fraction of sp³-hybridized carbons (Fsp3) is 0.478. The summed E-state index contributed by atoms with van der Waals surface area (Å²) in [6.07, 6.45) is -3.69. The van der Waals surface area contributed by atoms with Crippen LogP contribution in [0.5, 0.6) is 5.75 Å². The van der Waals surface area contributed by atoms with Gasteiger partial charge in [-0.3, -0.25) is 0 Å². The number of hydrogen-bond donors (Lipinski definition) is 4. The molecular weight excluding hydrogens is 372 g/mol. The fourth-order valence-electron chi connectivity index (χ4n) is 4.30. The molecule has 6 heteroatoms. The molecule has 2 aliphatic rings. The van der Waals surface area contributed by atoms with Crippen molar-refractivity contribution in [2.45, 2.75) is 55.7 Å². The third-order valence-corrected chi connectivity index (χ3v) is 6.13. The number of ether oxygens (including phenoxy) is 2.